The van der Waals surface area contributed by atoms with E-state index in [1.165, 1.54) is 16.4 Å². The summed E-state index contributed by atoms with van der Waals surface area (Å²) in [6.07, 6.45) is 1.38. The highest BCUT2D eigenvalue weighted by Crippen LogP contribution is 2.26. The summed E-state index contributed by atoms with van der Waals surface area (Å²) < 4.78 is 27.0. The fourth-order valence-corrected chi connectivity index (χ4v) is 5.41. The fourth-order valence-electron chi connectivity index (χ4n) is 3.45. The zero-order valence-electron chi connectivity index (χ0n) is 18.2. The number of hydrogen-bond acceptors (Lipinski definition) is 4. The first kappa shape index (κ1) is 24.6. The van der Waals surface area contributed by atoms with Gasteiger partial charge in [-0.15, -0.1) is 0 Å². The standard InChI is InChI=1S/C21H32ClN3O4S/c1-5-25(6-2)30(28,29)19-15-17(8-9-18(19)22)21(27)24-13-11-23(12-14-24)20(26)10-7-16(3)4/h8-9,15-16H,5-7,10-14H2,1-4H3. The Balaban J connectivity index is 2.11. The Bertz CT molecular complexity index is 861. The molecule has 30 heavy (non-hydrogen) atoms. The molecule has 1 aliphatic rings. The smallest absolute Gasteiger partial charge is 0.254 e. The molecule has 0 spiro atoms. The number of rotatable bonds is 8. The van der Waals surface area contributed by atoms with Crippen molar-refractivity contribution in [2.45, 2.75) is 45.4 Å². The number of piperazine rings is 1. The van der Waals surface area contributed by atoms with E-state index in [9.17, 15) is 18.0 Å². The first-order valence-electron chi connectivity index (χ1n) is 10.5. The second-order valence-corrected chi connectivity index (χ2v) is 10.2. The van der Waals surface area contributed by atoms with E-state index >= 15 is 0 Å². The highest BCUT2D eigenvalue weighted by Gasteiger charge is 2.28. The molecule has 7 nitrogen and oxygen atoms in total. The van der Waals surface area contributed by atoms with Crippen molar-refractivity contribution in [2.24, 2.45) is 5.92 Å². The van der Waals surface area contributed by atoms with Crippen LogP contribution in [0.2, 0.25) is 5.02 Å². The zero-order valence-corrected chi connectivity index (χ0v) is 19.8. The van der Waals surface area contributed by atoms with Gasteiger partial charge in [0.05, 0.1) is 5.02 Å². The number of benzene rings is 1. The highest BCUT2D eigenvalue weighted by molar-refractivity contribution is 7.89. The lowest BCUT2D eigenvalue weighted by molar-refractivity contribution is -0.132. The molecule has 0 unspecified atom stereocenters. The molecule has 0 atom stereocenters. The molecule has 1 heterocycles. The molecule has 0 aromatic heterocycles. The predicted octanol–water partition coefficient (Wildman–Crippen LogP) is 3.09. The second-order valence-electron chi connectivity index (χ2n) is 7.84. The lowest BCUT2D eigenvalue weighted by Gasteiger charge is -2.35. The van der Waals surface area contributed by atoms with Gasteiger partial charge in [-0.25, -0.2) is 8.42 Å². The van der Waals surface area contributed by atoms with Crippen LogP contribution in [0.5, 0.6) is 0 Å². The van der Waals surface area contributed by atoms with Gasteiger partial charge in [0, 0.05) is 51.3 Å². The monoisotopic (exact) mass is 457 g/mol. The third kappa shape index (κ3) is 5.74. The van der Waals surface area contributed by atoms with Gasteiger partial charge in [-0.2, -0.15) is 4.31 Å². The van der Waals surface area contributed by atoms with Gasteiger partial charge in [-0.05, 0) is 30.5 Å². The number of nitrogens with zero attached hydrogens (tertiary/aromatic N) is 3. The number of halogens is 1. The van der Waals surface area contributed by atoms with Crippen LogP contribution in [0.1, 0.15) is 50.9 Å². The Kier molecular flexibility index (Phi) is 8.70. The highest BCUT2D eigenvalue weighted by atomic mass is 35.5. The lowest BCUT2D eigenvalue weighted by atomic mass is 10.1. The zero-order chi connectivity index (χ0) is 22.5. The van der Waals surface area contributed by atoms with E-state index in [0.29, 0.717) is 51.6 Å². The van der Waals surface area contributed by atoms with E-state index in [2.05, 4.69) is 13.8 Å². The first-order valence-corrected chi connectivity index (χ1v) is 12.3. The maximum atomic E-state index is 13.0. The first-order chi connectivity index (χ1) is 14.1. The fraction of sp³-hybridized carbons (Fsp3) is 0.619. The molecule has 1 saturated heterocycles. The number of sulfonamides is 1. The minimum atomic E-state index is -3.77. The van der Waals surface area contributed by atoms with Crippen LogP contribution in [0, 0.1) is 5.92 Å². The third-order valence-corrected chi connectivity index (χ3v) is 7.89. The van der Waals surface area contributed by atoms with Gasteiger partial charge in [0.1, 0.15) is 4.90 Å². The molecule has 1 aromatic carbocycles. The number of carbonyl (C=O) groups is 2. The molecular weight excluding hydrogens is 426 g/mol. The number of hydrogen-bond donors (Lipinski definition) is 0. The van der Waals surface area contributed by atoms with Gasteiger partial charge >= 0.3 is 0 Å². The third-order valence-electron chi connectivity index (χ3n) is 5.36. The van der Waals surface area contributed by atoms with Gasteiger partial charge in [-0.1, -0.05) is 39.3 Å². The minimum Gasteiger partial charge on any atom is -0.339 e. The van der Waals surface area contributed by atoms with Crippen LogP contribution in [0.25, 0.3) is 0 Å². The summed E-state index contributed by atoms with van der Waals surface area (Å²) in [5.74, 6) is 0.343. The molecule has 9 heteroatoms. The summed E-state index contributed by atoms with van der Waals surface area (Å²) in [6.45, 7) is 10.1. The normalized spacial score (nSPS) is 15.2. The van der Waals surface area contributed by atoms with Crippen molar-refractivity contribution in [3.05, 3.63) is 28.8 Å². The molecule has 2 amide bonds. The Morgan fingerprint density at radius 3 is 2.17 bits per heavy atom. The summed E-state index contributed by atoms with van der Waals surface area (Å²) >= 11 is 6.16. The van der Waals surface area contributed by atoms with Crippen LogP contribution in [0.4, 0.5) is 0 Å². The van der Waals surface area contributed by atoms with E-state index in [-0.39, 0.29) is 27.3 Å². The number of carbonyl (C=O) groups excluding carboxylic acids is 2. The largest absolute Gasteiger partial charge is 0.339 e. The van der Waals surface area contributed by atoms with E-state index in [0.717, 1.165) is 6.42 Å². The summed E-state index contributed by atoms with van der Waals surface area (Å²) in [5, 5.41) is 0.0963. The van der Waals surface area contributed by atoms with E-state index in [1.54, 1.807) is 29.7 Å². The van der Waals surface area contributed by atoms with Crippen LogP contribution < -0.4 is 0 Å². The summed E-state index contributed by atoms with van der Waals surface area (Å²) in [4.78, 5) is 28.7. The van der Waals surface area contributed by atoms with Gasteiger partial charge in [-0.3, -0.25) is 9.59 Å². The Hall–Kier alpha value is -1.64. The lowest BCUT2D eigenvalue weighted by Crippen LogP contribution is -2.50. The van der Waals surface area contributed by atoms with Gasteiger partial charge < -0.3 is 9.80 Å². The summed E-state index contributed by atoms with van der Waals surface area (Å²) in [6, 6.07) is 4.36. The summed E-state index contributed by atoms with van der Waals surface area (Å²) in [7, 11) is -3.77. The maximum absolute atomic E-state index is 13.0. The quantitative estimate of drug-likeness (QED) is 0.601. The van der Waals surface area contributed by atoms with Gasteiger partial charge in [0.2, 0.25) is 15.9 Å². The van der Waals surface area contributed by atoms with E-state index in [4.69, 9.17) is 11.6 Å². The van der Waals surface area contributed by atoms with E-state index < -0.39 is 10.0 Å². The second kappa shape index (κ2) is 10.6. The predicted molar refractivity (Wildman–Crippen MR) is 118 cm³/mol. The Labute approximate surface area is 185 Å². The van der Waals surface area contributed by atoms with Crippen LogP contribution in [0.3, 0.4) is 0 Å². The molecular formula is C21H32ClN3O4S. The Morgan fingerprint density at radius 1 is 1.07 bits per heavy atom. The van der Waals surface area contributed by atoms with E-state index in [1.807, 2.05) is 0 Å². The van der Waals surface area contributed by atoms with Crippen LogP contribution in [0.15, 0.2) is 23.1 Å². The molecule has 0 N–H and O–H groups in total. The molecule has 0 radical (unpaired) electrons. The van der Waals surface area contributed by atoms with Crippen molar-refractivity contribution >= 4 is 33.4 Å². The maximum Gasteiger partial charge on any atom is 0.254 e. The van der Waals surface area contributed by atoms with Gasteiger partial charge in [0.15, 0.2) is 0 Å². The molecule has 2 rings (SSSR count). The Morgan fingerprint density at radius 2 is 1.63 bits per heavy atom. The molecule has 1 aromatic rings. The molecule has 168 valence electrons. The van der Waals surface area contributed by atoms with Crippen LogP contribution >= 0.6 is 11.6 Å². The summed E-state index contributed by atoms with van der Waals surface area (Å²) in [5.41, 5.74) is 0.282. The molecule has 0 aliphatic carbocycles. The van der Waals surface area contributed by atoms with Crippen LogP contribution in [-0.4, -0.2) is 73.6 Å². The van der Waals surface area contributed by atoms with Crippen molar-refractivity contribution < 1.29 is 18.0 Å². The SMILES string of the molecule is CCN(CC)S(=O)(=O)c1cc(C(=O)N2CCN(C(=O)CCC(C)C)CC2)ccc1Cl. The van der Waals surface area contributed by atoms with Crippen molar-refractivity contribution in [3.63, 3.8) is 0 Å². The van der Waals surface area contributed by atoms with Crippen molar-refractivity contribution in [1.29, 1.82) is 0 Å². The number of amides is 2. The molecule has 1 fully saturated rings. The van der Waals surface area contributed by atoms with Crippen LogP contribution in [-0.2, 0) is 14.8 Å². The minimum absolute atomic E-state index is 0.0544. The average Bonchev–Trinajstić information content (AvgIpc) is 2.72. The van der Waals surface area contributed by atoms with Gasteiger partial charge in [0.25, 0.3) is 5.91 Å². The molecule has 1 aliphatic heterocycles. The van der Waals surface area contributed by atoms with Crippen molar-refractivity contribution in [3.8, 4) is 0 Å². The topological polar surface area (TPSA) is 78.0 Å². The average molecular weight is 458 g/mol. The molecule has 0 saturated carbocycles. The van der Waals surface area contributed by atoms with Crippen molar-refractivity contribution in [2.75, 3.05) is 39.3 Å². The molecule has 0 bridgehead atoms. The van der Waals surface area contributed by atoms with Crippen molar-refractivity contribution in [1.82, 2.24) is 14.1 Å².